The van der Waals surface area contributed by atoms with E-state index in [0.29, 0.717) is 12.0 Å². The fourth-order valence-electron chi connectivity index (χ4n) is 4.07. The van der Waals surface area contributed by atoms with E-state index < -0.39 is 0 Å². The predicted molar refractivity (Wildman–Crippen MR) is 88.4 cm³/mol. The molecule has 124 valence electrons. The first-order valence-electron chi connectivity index (χ1n) is 8.68. The Kier molecular flexibility index (Phi) is 6.06. The molecule has 0 aromatic carbocycles. The van der Waals surface area contributed by atoms with Gasteiger partial charge >= 0.3 is 0 Å². The van der Waals surface area contributed by atoms with Gasteiger partial charge in [-0.2, -0.15) is 0 Å². The second kappa shape index (κ2) is 7.40. The zero-order valence-electron chi connectivity index (χ0n) is 14.5. The molecular weight excluding hydrogens is 262 g/mol. The lowest BCUT2D eigenvalue weighted by Gasteiger charge is -2.51. The highest BCUT2D eigenvalue weighted by atomic mass is 16.5. The Morgan fingerprint density at radius 2 is 1.95 bits per heavy atom. The van der Waals surface area contributed by atoms with Crippen LogP contribution in [0.15, 0.2) is 0 Å². The van der Waals surface area contributed by atoms with Gasteiger partial charge in [0.25, 0.3) is 0 Å². The molecule has 0 aliphatic carbocycles. The van der Waals surface area contributed by atoms with Gasteiger partial charge in [0.05, 0.1) is 6.10 Å². The van der Waals surface area contributed by atoms with Gasteiger partial charge in [0.15, 0.2) is 0 Å². The summed E-state index contributed by atoms with van der Waals surface area (Å²) in [6.07, 6.45) is 5.21. The molecule has 0 spiro atoms. The fraction of sp³-hybridized carbons (Fsp3) is 1.00. The molecule has 2 rings (SSSR count). The van der Waals surface area contributed by atoms with Crippen LogP contribution in [0.2, 0.25) is 0 Å². The van der Waals surface area contributed by atoms with Crippen molar-refractivity contribution in [2.45, 2.75) is 51.2 Å². The maximum absolute atomic E-state index is 6.24. The van der Waals surface area contributed by atoms with Crippen molar-refractivity contribution in [3.63, 3.8) is 0 Å². The average Bonchev–Trinajstić information content (AvgIpc) is 2.47. The topological polar surface area (TPSA) is 41.7 Å². The molecule has 2 atom stereocenters. The minimum atomic E-state index is 0.191. The number of hydrogen-bond acceptors (Lipinski definition) is 4. The molecule has 2 N–H and O–H groups in total. The minimum absolute atomic E-state index is 0.191. The van der Waals surface area contributed by atoms with Crippen molar-refractivity contribution in [3.05, 3.63) is 0 Å². The Balaban J connectivity index is 1.95. The summed E-state index contributed by atoms with van der Waals surface area (Å²) in [5.74, 6) is 1.44. The van der Waals surface area contributed by atoms with Crippen LogP contribution in [-0.4, -0.2) is 68.3 Å². The van der Waals surface area contributed by atoms with E-state index in [1.807, 2.05) is 0 Å². The van der Waals surface area contributed by atoms with E-state index in [2.05, 4.69) is 37.7 Å². The van der Waals surface area contributed by atoms with Gasteiger partial charge in [-0.05, 0) is 64.7 Å². The quantitative estimate of drug-likeness (QED) is 0.840. The summed E-state index contributed by atoms with van der Waals surface area (Å²) in [6, 6.07) is 0. The highest BCUT2D eigenvalue weighted by molar-refractivity contribution is 4.98. The molecule has 2 saturated heterocycles. The van der Waals surface area contributed by atoms with Gasteiger partial charge in [0, 0.05) is 25.2 Å². The molecule has 21 heavy (non-hydrogen) atoms. The third kappa shape index (κ3) is 4.19. The molecule has 0 aromatic heterocycles. The van der Waals surface area contributed by atoms with Crippen LogP contribution >= 0.6 is 0 Å². The molecular formula is C17H35N3O. The van der Waals surface area contributed by atoms with Gasteiger partial charge in [-0.25, -0.2) is 0 Å². The van der Waals surface area contributed by atoms with E-state index in [1.165, 1.54) is 32.5 Å². The lowest BCUT2D eigenvalue weighted by atomic mass is 9.80. The van der Waals surface area contributed by atoms with Gasteiger partial charge in [-0.1, -0.05) is 13.8 Å². The van der Waals surface area contributed by atoms with Crippen molar-refractivity contribution in [1.82, 2.24) is 9.80 Å². The van der Waals surface area contributed by atoms with Crippen LogP contribution in [0.25, 0.3) is 0 Å². The van der Waals surface area contributed by atoms with E-state index in [4.69, 9.17) is 10.5 Å². The first-order valence-corrected chi connectivity index (χ1v) is 8.68. The maximum Gasteiger partial charge on any atom is 0.0616 e. The van der Waals surface area contributed by atoms with Crippen LogP contribution in [0.3, 0.4) is 0 Å². The van der Waals surface area contributed by atoms with Gasteiger partial charge in [-0.15, -0.1) is 0 Å². The first kappa shape index (κ1) is 17.2. The second-order valence-electron chi connectivity index (χ2n) is 7.73. The highest BCUT2D eigenvalue weighted by Gasteiger charge is 2.42. The highest BCUT2D eigenvalue weighted by Crippen LogP contribution is 2.35. The van der Waals surface area contributed by atoms with Gasteiger partial charge in [0.1, 0.15) is 0 Å². The molecule has 0 aromatic rings. The van der Waals surface area contributed by atoms with Gasteiger partial charge < -0.3 is 15.4 Å². The molecule has 4 heteroatoms. The molecule has 0 amide bonds. The minimum Gasteiger partial charge on any atom is -0.378 e. The number of ether oxygens (including phenoxy) is 1. The van der Waals surface area contributed by atoms with Crippen molar-refractivity contribution in [2.24, 2.45) is 17.6 Å². The largest absolute Gasteiger partial charge is 0.378 e. The SMILES string of the molecule is CC(C)C1CC(CN)(N2CCC(CN(C)C)CC2)CCO1. The molecule has 0 radical (unpaired) electrons. The van der Waals surface area contributed by atoms with E-state index >= 15 is 0 Å². The van der Waals surface area contributed by atoms with Crippen LogP contribution in [0, 0.1) is 11.8 Å². The third-order valence-corrected chi connectivity index (χ3v) is 5.51. The van der Waals surface area contributed by atoms with Crippen LogP contribution in [-0.2, 0) is 4.74 Å². The second-order valence-corrected chi connectivity index (χ2v) is 7.73. The predicted octanol–water partition coefficient (Wildman–Crippen LogP) is 1.79. The molecule has 2 fully saturated rings. The van der Waals surface area contributed by atoms with Crippen LogP contribution in [0.4, 0.5) is 0 Å². The van der Waals surface area contributed by atoms with Crippen molar-refractivity contribution in [3.8, 4) is 0 Å². The number of hydrogen-bond donors (Lipinski definition) is 1. The fourth-order valence-corrected chi connectivity index (χ4v) is 4.07. The summed E-state index contributed by atoms with van der Waals surface area (Å²) < 4.78 is 5.97. The molecule has 2 aliphatic heterocycles. The van der Waals surface area contributed by atoms with Crippen LogP contribution in [0.1, 0.15) is 39.5 Å². The normalized spacial score (nSPS) is 33.0. The number of likely N-dealkylation sites (tertiary alicyclic amines) is 1. The summed E-state index contributed by atoms with van der Waals surface area (Å²) in [4.78, 5) is 5.01. The number of piperidine rings is 1. The zero-order valence-corrected chi connectivity index (χ0v) is 14.5. The van der Waals surface area contributed by atoms with Crippen LogP contribution in [0.5, 0.6) is 0 Å². The summed E-state index contributed by atoms with van der Waals surface area (Å²) in [5.41, 5.74) is 6.43. The van der Waals surface area contributed by atoms with Crippen LogP contribution < -0.4 is 5.73 Å². The maximum atomic E-state index is 6.24. The Morgan fingerprint density at radius 3 is 2.48 bits per heavy atom. The van der Waals surface area contributed by atoms with Gasteiger partial charge in [0.2, 0.25) is 0 Å². The number of nitrogens with zero attached hydrogens (tertiary/aromatic N) is 2. The van der Waals surface area contributed by atoms with E-state index in [1.54, 1.807) is 0 Å². The zero-order chi connectivity index (χ0) is 15.5. The summed E-state index contributed by atoms with van der Waals surface area (Å²) in [7, 11) is 4.36. The number of rotatable bonds is 5. The van der Waals surface area contributed by atoms with E-state index in [9.17, 15) is 0 Å². The van der Waals surface area contributed by atoms with Crippen molar-refractivity contribution in [1.29, 1.82) is 0 Å². The Hall–Kier alpha value is -0.160. The first-order chi connectivity index (χ1) is 9.97. The Labute approximate surface area is 131 Å². The summed E-state index contributed by atoms with van der Waals surface area (Å²) in [5, 5.41) is 0. The molecule has 4 nitrogen and oxygen atoms in total. The molecule has 0 bridgehead atoms. The lowest BCUT2D eigenvalue weighted by Crippen LogP contribution is -2.61. The van der Waals surface area contributed by atoms with E-state index in [0.717, 1.165) is 31.9 Å². The van der Waals surface area contributed by atoms with Crippen molar-refractivity contribution < 1.29 is 4.74 Å². The van der Waals surface area contributed by atoms with Crippen molar-refractivity contribution in [2.75, 3.05) is 46.9 Å². The Bertz CT molecular complexity index is 313. The summed E-state index contributed by atoms with van der Waals surface area (Å²) in [6.45, 7) is 9.82. The van der Waals surface area contributed by atoms with Gasteiger partial charge in [-0.3, -0.25) is 4.90 Å². The van der Waals surface area contributed by atoms with E-state index in [-0.39, 0.29) is 5.54 Å². The molecule has 0 saturated carbocycles. The monoisotopic (exact) mass is 297 g/mol. The smallest absolute Gasteiger partial charge is 0.0616 e. The average molecular weight is 297 g/mol. The lowest BCUT2D eigenvalue weighted by molar-refractivity contribution is -0.0944. The summed E-state index contributed by atoms with van der Waals surface area (Å²) >= 11 is 0. The standard InChI is InChI=1S/C17H35N3O/c1-14(2)16-11-17(13-18,7-10-21-16)20-8-5-15(6-9-20)12-19(3)4/h14-16H,5-13,18H2,1-4H3. The number of nitrogens with two attached hydrogens (primary N) is 1. The third-order valence-electron chi connectivity index (χ3n) is 5.51. The van der Waals surface area contributed by atoms with Crippen molar-refractivity contribution >= 4 is 0 Å². The molecule has 2 aliphatic rings. The molecule has 2 heterocycles. The Morgan fingerprint density at radius 1 is 1.29 bits per heavy atom. The molecule has 2 unspecified atom stereocenters.